The molecule has 150 valence electrons. The largest absolute Gasteiger partial charge is 0.345 e. The van der Waals surface area contributed by atoms with Gasteiger partial charge in [0.05, 0.1) is 10.9 Å². The lowest BCUT2D eigenvalue weighted by Gasteiger charge is -2.26. The topological polar surface area (TPSA) is 66.5 Å². The zero-order valence-electron chi connectivity index (χ0n) is 16.7. The number of amides is 1. The third kappa shape index (κ3) is 3.98. The van der Waals surface area contributed by atoms with Gasteiger partial charge >= 0.3 is 0 Å². The van der Waals surface area contributed by atoms with Gasteiger partial charge in [0, 0.05) is 18.7 Å². The predicted octanol–water partition coefficient (Wildman–Crippen LogP) is 3.83. The van der Waals surface area contributed by atoms with Gasteiger partial charge in [-0.05, 0) is 55.0 Å². The van der Waals surface area contributed by atoms with Crippen molar-refractivity contribution in [1.29, 1.82) is 0 Å². The van der Waals surface area contributed by atoms with E-state index in [9.17, 15) is 13.2 Å². The van der Waals surface area contributed by atoms with Crippen molar-refractivity contribution in [2.24, 2.45) is 0 Å². The van der Waals surface area contributed by atoms with Crippen LogP contribution in [0.4, 0.5) is 0 Å². The molecule has 1 aliphatic rings. The Morgan fingerprint density at radius 2 is 1.86 bits per heavy atom. The number of hydrogen-bond acceptors (Lipinski definition) is 3. The number of nitrogens with zero attached hydrogens (tertiary/aromatic N) is 1. The molecule has 2 aromatic carbocycles. The van der Waals surface area contributed by atoms with Crippen LogP contribution in [0.3, 0.4) is 0 Å². The number of fused-ring (bicyclic) bond motifs is 1. The lowest BCUT2D eigenvalue weighted by Crippen LogP contribution is -2.32. The molecule has 0 saturated carbocycles. The molecule has 0 spiro atoms. The van der Waals surface area contributed by atoms with E-state index in [0.717, 1.165) is 30.4 Å². The minimum Gasteiger partial charge on any atom is -0.345 e. The van der Waals surface area contributed by atoms with Gasteiger partial charge in [-0.25, -0.2) is 8.42 Å². The molecule has 0 bridgehead atoms. The first-order chi connectivity index (χ1) is 13.4. The van der Waals surface area contributed by atoms with Gasteiger partial charge in [-0.1, -0.05) is 44.2 Å². The Balaban J connectivity index is 1.89. The predicted molar refractivity (Wildman–Crippen MR) is 111 cm³/mol. The van der Waals surface area contributed by atoms with Crippen LogP contribution in [0.5, 0.6) is 0 Å². The van der Waals surface area contributed by atoms with Crippen molar-refractivity contribution in [2.45, 2.75) is 51.0 Å². The smallest absolute Gasteiger partial charge is 0.252 e. The van der Waals surface area contributed by atoms with E-state index in [1.54, 1.807) is 12.1 Å². The number of hydrogen-bond donors (Lipinski definition) is 1. The SMILES string of the molecule is CCN(CC)S(=O)(=O)c1ccc(C)c(C(=O)N[C@H]2CCCc3ccccc32)c1. The maximum atomic E-state index is 13.0. The van der Waals surface area contributed by atoms with Crippen molar-refractivity contribution < 1.29 is 13.2 Å². The van der Waals surface area contributed by atoms with Crippen molar-refractivity contribution in [1.82, 2.24) is 9.62 Å². The van der Waals surface area contributed by atoms with Crippen LogP contribution in [0, 0.1) is 6.92 Å². The summed E-state index contributed by atoms with van der Waals surface area (Å²) in [6.07, 6.45) is 2.94. The number of aryl methyl sites for hydroxylation is 2. The van der Waals surface area contributed by atoms with Crippen LogP contribution in [0.15, 0.2) is 47.4 Å². The highest BCUT2D eigenvalue weighted by atomic mass is 32.2. The zero-order chi connectivity index (χ0) is 20.3. The molecule has 28 heavy (non-hydrogen) atoms. The van der Waals surface area contributed by atoms with Crippen LogP contribution >= 0.6 is 0 Å². The van der Waals surface area contributed by atoms with Gasteiger partial charge in [-0.15, -0.1) is 0 Å². The van der Waals surface area contributed by atoms with E-state index in [0.29, 0.717) is 18.7 Å². The second-order valence-corrected chi connectivity index (χ2v) is 9.12. The molecule has 1 atom stereocenters. The van der Waals surface area contributed by atoms with E-state index in [4.69, 9.17) is 0 Å². The lowest BCUT2D eigenvalue weighted by molar-refractivity contribution is 0.0932. The van der Waals surface area contributed by atoms with Crippen LogP contribution in [0.25, 0.3) is 0 Å². The molecule has 0 saturated heterocycles. The molecule has 0 radical (unpaired) electrons. The Labute approximate surface area is 167 Å². The zero-order valence-corrected chi connectivity index (χ0v) is 17.6. The molecule has 2 aromatic rings. The number of carbonyl (C=O) groups is 1. The molecule has 1 amide bonds. The van der Waals surface area contributed by atoms with E-state index >= 15 is 0 Å². The van der Waals surface area contributed by atoms with Gasteiger partial charge in [0.15, 0.2) is 0 Å². The summed E-state index contributed by atoms with van der Waals surface area (Å²) in [4.78, 5) is 13.2. The maximum Gasteiger partial charge on any atom is 0.252 e. The highest BCUT2D eigenvalue weighted by molar-refractivity contribution is 7.89. The van der Waals surface area contributed by atoms with Crippen molar-refractivity contribution in [3.05, 3.63) is 64.7 Å². The van der Waals surface area contributed by atoms with Crippen LogP contribution in [-0.4, -0.2) is 31.7 Å². The van der Waals surface area contributed by atoms with Crippen molar-refractivity contribution in [2.75, 3.05) is 13.1 Å². The quantitative estimate of drug-likeness (QED) is 0.801. The van der Waals surface area contributed by atoms with E-state index < -0.39 is 10.0 Å². The maximum absolute atomic E-state index is 13.0. The second-order valence-electron chi connectivity index (χ2n) is 7.18. The first-order valence-electron chi connectivity index (χ1n) is 9.88. The Bertz CT molecular complexity index is 965. The molecule has 0 fully saturated rings. The first-order valence-corrected chi connectivity index (χ1v) is 11.3. The summed E-state index contributed by atoms with van der Waals surface area (Å²) in [5.41, 5.74) is 3.61. The molecule has 0 unspecified atom stereocenters. The van der Waals surface area contributed by atoms with Gasteiger partial charge in [-0.3, -0.25) is 4.79 Å². The summed E-state index contributed by atoms with van der Waals surface area (Å²) in [7, 11) is -3.60. The van der Waals surface area contributed by atoms with E-state index in [1.807, 2.05) is 32.9 Å². The van der Waals surface area contributed by atoms with Crippen LogP contribution in [0.1, 0.15) is 59.8 Å². The molecule has 6 heteroatoms. The fraction of sp³-hybridized carbons (Fsp3) is 0.409. The average molecular weight is 401 g/mol. The number of nitrogens with one attached hydrogen (secondary N) is 1. The first kappa shape index (κ1) is 20.6. The van der Waals surface area contributed by atoms with Gasteiger partial charge in [0.1, 0.15) is 0 Å². The highest BCUT2D eigenvalue weighted by Crippen LogP contribution is 2.30. The van der Waals surface area contributed by atoms with Crippen molar-refractivity contribution in [3.63, 3.8) is 0 Å². The summed E-state index contributed by atoms with van der Waals surface area (Å²) >= 11 is 0. The Morgan fingerprint density at radius 1 is 1.14 bits per heavy atom. The number of carbonyl (C=O) groups excluding carboxylic acids is 1. The molecule has 5 nitrogen and oxygen atoms in total. The third-order valence-corrected chi connectivity index (χ3v) is 7.52. The van der Waals surface area contributed by atoms with Crippen LogP contribution in [-0.2, 0) is 16.4 Å². The van der Waals surface area contributed by atoms with Crippen LogP contribution in [0.2, 0.25) is 0 Å². The summed E-state index contributed by atoms with van der Waals surface area (Å²) in [5.74, 6) is -0.226. The molecular weight excluding hydrogens is 372 g/mol. The van der Waals surface area contributed by atoms with Gasteiger partial charge in [0.25, 0.3) is 5.91 Å². The third-order valence-electron chi connectivity index (χ3n) is 5.47. The molecule has 0 aliphatic heterocycles. The number of rotatable bonds is 6. The summed E-state index contributed by atoms with van der Waals surface area (Å²) in [5, 5.41) is 3.12. The Hall–Kier alpha value is -2.18. The molecule has 3 rings (SSSR count). The van der Waals surface area contributed by atoms with E-state index in [1.165, 1.54) is 15.9 Å². The summed E-state index contributed by atoms with van der Waals surface area (Å²) < 4.78 is 27.1. The molecular formula is C22H28N2O3S. The van der Waals surface area contributed by atoms with E-state index in [2.05, 4.69) is 17.4 Å². The Morgan fingerprint density at radius 3 is 2.57 bits per heavy atom. The minimum absolute atomic E-state index is 0.0418. The number of benzene rings is 2. The fourth-order valence-corrected chi connectivity index (χ4v) is 5.34. The molecule has 1 N–H and O–H groups in total. The summed E-state index contributed by atoms with van der Waals surface area (Å²) in [6.45, 7) is 6.24. The lowest BCUT2D eigenvalue weighted by atomic mass is 9.87. The van der Waals surface area contributed by atoms with Gasteiger partial charge in [-0.2, -0.15) is 4.31 Å². The highest BCUT2D eigenvalue weighted by Gasteiger charge is 2.25. The van der Waals surface area contributed by atoms with Gasteiger partial charge < -0.3 is 5.32 Å². The van der Waals surface area contributed by atoms with E-state index in [-0.39, 0.29) is 16.8 Å². The standard InChI is InChI=1S/C22H28N2O3S/c1-4-24(5-2)28(26,27)18-14-13-16(3)20(15-18)22(25)23-21-12-8-10-17-9-6-7-11-19(17)21/h6-7,9,11,13-15,21H,4-5,8,10,12H2,1-3H3,(H,23,25)/t21-/m0/s1. The van der Waals surface area contributed by atoms with Crippen LogP contribution < -0.4 is 5.32 Å². The van der Waals surface area contributed by atoms with Gasteiger partial charge in [0.2, 0.25) is 10.0 Å². The minimum atomic E-state index is -3.60. The monoisotopic (exact) mass is 400 g/mol. The van der Waals surface area contributed by atoms with Crippen molar-refractivity contribution in [3.8, 4) is 0 Å². The molecule has 0 heterocycles. The fourth-order valence-electron chi connectivity index (χ4n) is 3.86. The average Bonchev–Trinajstić information content (AvgIpc) is 2.69. The van der Waals surface area contributed by atoms with Crippen molar-refractivity contribution >= 4 is 15.9 Å². The molecule has 0 aromatic heterocycles. The molecule has 1 aliphatic carbocycles. The Kier molecular flexibility index (Phi) is 6.20. The second kappa shape index (κ2) is 8.45. The summed E-state index contributed by atoms with van der Waals surface area (Å²) in [6, 6.07) is 12.9. The number of sulfonamides is 1. The normalized spacial score (nSPS) is 16.6.